The van der Waals surface area contributed by atoms with Crippen molar-refractivity contribution in [3.05, 3.63) is 34.7 Å². The summed E-state index contributed by atoms with van der Waals surface area (Å²) in [7, 11) is 1.97. The second-order valence-corrected chi connectivity index (χ2v) is 5.21. The van der Waals surface area contributed by atoms with Crippen LogP contribution in [0.25, 0.3) is 22.4 Å². The highest BCUT2D eigenvalue weighted by atomic mass is 35.5. The summed E-state index contributed by atoms with van der Waals surface area (Å²) in [5, 5.41) is 3.47. The van der Waals surface area contributed by atoms with Crippen LogP contribution in [0.4, 0.5) is 5.00 Å². The molecule has 0 spiro atoms. The number of anilines is 1. The Hall–Kier alpha value is -1.52. The van der Waals surface area contributed by atoms with Crippen molar-refractivity contribution in [2.75, 3.05) is 5.73 Å². The Balaban J connectivity index is 2.32. The molecule has 3 aromatic rings. The van der Waals surface area contributed by atoms with E-state index < -0.39 is 0 Å². The van der Waals surface area contributed by atoms with Crippen molar-refractivity contribution in [3.8, 4) is 11.4 Å². The summed E-state index contributed by atoms with van der Waals surface area (Å²) in [5.74, 6) is 0.876. The van der Waals surface area contributed by atoms with Crippen molar-refractivity contribution in [2.45, 2.75) is 0 Å². The predicted molar refractivity (Wildman–Crippen MR) is 73.4 cm³/mol. The number of aromatic nitrogens is 2. The number of fused-ring (bicyclic) bond motifs is 1. The first kappa shape index (κ1) is 10.6. The number of imidazole rings is 1. The summed E-state index contributed by atoms with van der Waals surface area (Å²) in [6.45, 7) is 0. The summed E-state index contributed by atoms with van der Waals surface area (Å²) in [6.07, 6.45) is 0. The van der Waals surface area contributed by atoms with E-state index in [-0.39, 0.29) is 0 Å². The van der Waals surface area contributed by atoms with E-state index >= 15 is 0 Å². The van der Waals surface area contributed by atoms with E-state index in [9.17, 15) is 0 Å². The van der Waals surface area contributed by atoms with Gasteiger partial charge in [-0.2, -0.15) is 0 Å². The molecule has 0 aliphatic heterocycles. The van der Waals surface area contributed by atoms with E-state index in [1.54, 1.807) is 0 Å². The maximum atomic E-state index is 5.99. The average Bonchev–Trinajstić information content (AvgIpc) is 2.84. The standard InChI is InChI=1S/C12H10ClN3S/c1-16-10-6-7(13)2-3-9(10)15-12(16)8-4-5-17-11(8)14/h2-6H,14H2,1H3. The summed E-state index contributed by atoms with van der Waals surface area (Å²) >= 11 is 7.51. The Bertz CT molecular complexity index is 699. The molecule has 0 saturated carbocycles. The van der Waals surface area contributed by atoms with Crippen LogP contribution in [-0.4, -0.2) is 9.55 Å². The van der Waals surface area contributed by atoms with E-state index in [0.717, 1.165) is 27.4 Å². The van der Waals surface area contributed by atoms with Gasteiger partial charge in [0.25, 0.3) is 0 Å². The van der Waals surface area contributed by atoms with Gasteiger partial charge >= 0.3 is 0 Å². The zero-order valence-electron chi connectivity index (χ0n) is 9.14. The predicted octanol–water partition coefficient (Wildman–Crippen LogP) is 3.54. The molecule has 86 valence electrons. The van der Waals surface area contributed by atoms with Gasteiger partial charge < -0.3 is 10.3 Å². The van der Waals surface area contributed by atoms with E-state index in [2.05, 4.69) is 4.98 Å². The first-order valence-electron chi connectivity index (χ1n) is 5.12. The maximum Gasteiger partial charge on any atom is 0.143 e. The summed E-state index contributed by atoms with van der Waals surface area (Å²) in [6, 6.07) is 7.67. The van der Waals surface area contributed by atoms with Gasteiger partial charge in [-0.15, -0.1) is 11.3 Å². The lowest BCUT2D eigenvalue weighted by molar-refractivity contribution is 0.961. The van der Waals surface area contributed by atoms with Gasteiger partial charge in [-0.1, -0.05) is 11.6 Å². The molecular formula is C12H10ClN3S. The van der Waals surface area contributed by atoms with E-state index in [1.807, 2.05) is 41.3 Å². The van der Waals surface area contributed by atoms with Gasteiger partial charge in [0, 0.05) is 12.1 Å². The minimum Gasteiger partial charge on any atom is -0.390 e. The molecule has 0 radical (unpaired) electrons. The smallest absolute Gasteiger partial charge is 0.143 e. The molecule has 1 aromatic carbocycles. The highest BCUT2D eigenvalue weighted by Crippen LogP contribution is 2.32. The molecular weight excluding hydrogens is 254 g/mol. The fourth-order valence-corrected chi connectivity index (χ4v) is 2.71. The number of hydrogen-bond donors (Lipinski definition) is 1. The molecule has 5 heteroatoms. The van der Waals surface area contributed by atoms with Gasteiger partial charge in [0.1, 0.15) is 5.82 Å². The molecule has 0 aliphatic carbocycles. The maximum absolute atomic E-state index is 5.99. The number of hydrogen-bond acceptors (Lipinski definition) is 3. The van der Waals surface area contributed by atoms with E-state index in [4.69, 9.17) is 17.3 Å². The lowest BCUT2D eigenvalue weighted by Gasteiger charge is -2.01. The second-order valence-electron chi connectivity index (χ2n) is 3.83. The number of rotatable bonds is 1. The van der Waals surface area contributed by atoms with Crippen molar-refractivity contribution in [3.63, 3.8) is 0 Å². The fraction of sp³-hybridized carbons (Fsp3) is 0.0833. The number of halogens is 1. The minimum absolute atomic E-state index is 0.713. The van der Waals surface area contributed by atoms with Crippen LogP contribution in [0.3, 0.4) is 0 Å². The molecule has 3 rings (SSSR count). The highest BCUT2D eigenvalue weighted by Gasteiger charge is 2.13. The normalized spacial score (nSPS) is 11.2. The average molecular weight is 264 g/mol. The van der Waals surface area contributed by atoms with E-state index in [1.165, 1.54) is 11.3 Å². The molecule has 2 aromatic heterocycles. The zero-order valence-corrected chi connectivity index (χ0v) is 10.7. The Morgan fingerprint density at radius 2 is 2.18 bits per heavy atom. The first-order chi connectivity index (χ1) is 8.16. The molecule has 0 bridgehead atoms. The van der Waals surface area contributed by atoms with Gasteiger partial charge in [-0.3, -0.25) is 0 Å². The molecule has 0 amide bonds. The molecule has 0 saturated heterocycles. The Morgan fingerprint density at radius 1 is 1.35 bits per heavy atom. The third kappa shape index (κ3) is 1.61. The van der Waals surface area contributed by atoms with Crippen LogP contribution in [-0.2, 0) is 7.05 Å². The molecule has 17 heavy (non-hydrogen) atoms. The third-order valence-corrected chi connectivity index (χ3v) is 3.76. The summed E-state index contributed by atoms with van der Waals surface area (Å²) < 4.78 is 2.01. The number of nitrogens with two attached hydrogens (primary N) is 1. The van der Waals surface area contributed by atoms with Crippen molar-refractivity contribution in [1.82, 2.24) is 9.55 Å². The topological polar surface area (TPSA) is 43.8 Å². The number of thiophene rings is 1. The largest absolute Gasteiger partial charge is 0.390 e. The second kappa shape index (κ2) is 3.75. The van der Waals surface area contributed by atoms with Crippen LogP contribution >= 0.6 is 22.9 Å². The molecule has 0 aliphatic rings. The van der Waals surface area contributed by atoms with Gasteiger partial charge in [-0.25, -0.2) is 4.98 Å². The zero-order chi connectivity index (χ0) is 12.0. The van der Waals surface area contributed by atoms with Crippen molar-refractivity contribution >= 4 is 39.0 Å². The van der Waals surface area contributed by atoms with Gasteiger partial charge in [0.2, 0.25) is 0 Å². The molecule has 0 atom stereocenters. The van der Waals surface area contributed by atoms with Gasteiger partial charge in [0.05, 0.1) is 21.6 Å². The van der Waals surface area contributed by atoms with E-state index in [0.29, 0.717) is 5.02 Å². The quantitative estimate of drug-likeness (QED) is 0.730. The SMILES string of the molecule is Cn1c(-c2ccsc2N)nc2ccc(Cl)cc21. The van der Waals surface area contributed by atoms with Crippen molar-refractivity contribution < 1.29 is 0 Å². The minimum atomic E-state index is 0.713. The van der Waals surface area contributed by atoms with Gasteiger partial charge in [-0.05, 0) is 29.6 Å². The van der Waals surface area contributed by atoms with Crippen LogP contribution in [0.5, 0.6) is 0 Å². The van der Waals surface area contributed by atoms with Crippen LogP contribution in [0.1, 0.15) is 0 Å². The Morgan fingerprint density at radius 3 is 2.88 bits per heavy atom. The Kier molecular flexibility index (Phi) is 2.34. The molecule has 2 N–H and O–H groups in total. The number of aryl methyl sites for hydroxylation is 1. The van der Waals surface area contributed by atoms with Crippen LogP contribution in [0.2, 0.25) is 5.02 Å². The monoisotopic (exact) mass is 263 g/mol. The summed E-state index contributed by atoms with van der Waals surface area (Å²) in [5.41, 5.74) is 8.85. The highest BCUT2D eigenvalue weighted by molar-refractivity contribution is 7.14. The third-order valence-electron chi connectivity index (χ3n) is 2.78. The van der Waals surface area contributed by atoms with Gasteiger partial charge in [0.15, 0.2) is 0 Å². The van der Waals surface area contributed by atoms with Crippen LogP contribution in [0.15, 0.2) is 29.6 Å². The fourth-order valence-electron chi connectivity index (χ4n) is 1.91. The Labute approximate surface area is 107 Å². The molecule has 3 nitrogen and oxygen atoms in total. The molecule has 0 fully saturated rings. The number of nitrogen functional groups attached to an aromatic ring is 1. The lowest BCUT2D eigenvalue weighted by atomic mass is 10.3. The number of nitrogens with zero attached hydrogens (tertiary/aromatic N) is 2. The number of benzene rings is 1. The summed E-state index contributed by atoms with van der Waals surface area (Å²) in [4.78, 5) is 4.59. The molecule has 2 heterocycles. The van der Waals surface area contributed by atoms with Crippen molar-refractivity contribution in [1.29, 1.82) is 0 Å². The van der Waals surface area contributed by atoms with Crippen molar-refractivity contribution in [2.24, 2.45) is 7.05 Å². The van der Waals surface area contributed by atoms with Crippen LogP contribution in [0, 0.1) is 0 Å². The van der Waals surface area contributed by atoms with Crippen LogP contribution < -0.4 is 5.73 Å². The lowest BCUT2D eigenvalue weighted by Crippen LogP contribution is -1.93. The molecule has 0 unspecified atom stereocenters. The first-order valence-corrected chi connectivity index (χ1v) is 6.38.